The van der Waals surface area contributed by atoms with Crippen molar-refractivity contribution in [1.82, 2.24) is 5.32 Å². The zero-order valence-corrected chi connectivity index (χ0v) is 16.2. The first-order chi connectivity index (χ1) is 14.0. The number of benzene rings is 2. The van der Waals surface area contributed by atoms with Gasteiger partial charge in [-0.2, -0.15) is 0 Å². The molecule has 0 unspecified atom stereocenters. The number of nitrogens with one attached hydrogen (secondary N) is 1. The number of carbonyl (C=O) groups excluding carboxylic acids is 1. The summed E-state index contributed by atoms with van der Waals surface area (Å²) in [7, 11) is 0. The van der Waals surface area contributed by atoms with Gasteiger partial charge in [-0.15, -0.1) is 0 Å². The maximum Gasteiger partial charge on any atom is 0.306 e. The van der Waals surface area contributed by atoms with E-state index in [0.717, 1.165) is 42.6 Å². The minimum Gasteiger partial charge on any atom is -0.485 e. The number of para-hydroxylation sites is 1. The average Bonchev–Trinajstić information content (AvgIpc) is 2.66. The Morgan fingerprint density at radius 3 is 2.31 bits per heavy atom. The maximum absolute atomic E-state index is 12.9. The first kappa shape index (κ1) is 18.2. The van der Waals surface area contributed by atoms with Gasteiger partial charge in [-0.25, -0.2) is 0 Å². The summed E-state index contributed by atoms with van der Waals surface area (Å²) >= 11 is 0. The molecular weight excluding hydrogens is 366 g/mol. The van der Waals surface area contributed by atoms with Gasteiger partial charge in [0.25, 0.3) is 0 Å². The summed E-state index contributed by atoms with van der Waals surface area (Å²) in [5.74, 6) is -0.00794. The molecule has 150 valence electrons. The number of carbonyl (C=O) groups is 2. The van der Waals surface area contributed by atoms with E-state index in [4.69, 9.17) is 9.84 Å². The number of ether oxygens (including phenoxy) is 1. The Morgan fingerprint density at radius 1 is 0.931 bits per heavy atom. The first-order valence-corrected chi connectivity index (χ1v) is 10.4. The zero-order chi connectivity index (χ0) is 20.0. The van der Waals surface area contributed by atoms with E-state index in [2.05, 4.69) is 17.4 Å². The van der Waals surface area contributed by atoms with Crippen molar-refractivity contribution in [3.63, 3.8) is 0 Å². The molecule has 0 saturated heterocycles. The van der Waals surface area contributed by atoms with Gasteiger partial charge in [-0.05, 0) is 42.7 Å². The summed E-state index contributed by atoms with van der Waals surface area (Å²) < 4.78 is 6.22. The van der Waals surface area contributed by atoms with E-state index in [9.17, 15) is 9.59 Å². The number of fused-ring (bicyclic) bond motifs is 1. The van der Waals surface area contributed by atoms with Gasteiger partial charge in [0, 0.05) is 17.9 Å². The van der Waals surface area contributed by atoms with Gasteiger partial charge in [0.05, 0.1) is 12.0 Å². The van der Waals surface area contributed by atoms with Crippen LogP contribution in [-0.2, 0) is 9.59 Å². The first-order valence-electron chi connectivity index (χ1n) is 10.4. The van der Waals surface area contributed by atoms with Gasteiger partial charge in [0.2, 0.25) is 5.91 Å². The molecule has 2 atom stereocenters. The number of carboxylic acids is 1. The summed E-state index contributed by atoms with van der Waals surface area (Å²) in [5, 5.41) is 12.4. The third kappa shape index (κ3) is 3.28. The van der Waals surface area contributed by atoms with Crippen molar-refractivity contribution in [2.24, 2.45) is 17.3 Å². The highest BCUT2D eigenvalue weighted by atomic mass is 16.5. The molecule has 2 saturated carbocycles. The van der Waals surface area contributed by atoms with E-state index < -0.39 is 5.97 Å². The number of rotatable bonds is 4. The Bertz CT molecular complexity index is 927. The Hall–Kier alpha value is -2.82. The number of carboxylic acid groups (broad SMARTS) is 1. The number of amides is 1. The minimum atomic E-state index is -0.700. The van der Waals surface area contributed by atoms with Crippen LogP contribution in [0, 0.1) is 17.3 Å². The van der Waals surface area contributed by atoms with Crippen molar-refractivity contribution in [3.05, 3.63) is 65.7 Å². The van der Waals surface area contributed by atoms with Crippen LogP contribution in [0.4, 0.5) is 0 Å². The van der Waals surface area contributed by atoms with E-state index in [1.165, 1.54) is 0 Å². The van der Waals surface area contributed by atoms with E-state index in [1.54, 1.807) is 0 Å². The number of hydrogen-bond acceptors (Lipinski definition) is 3. The molecule has 0 bridgehead atoms. The van der Waals surface area contributed by atoms with Crippen LogP contribution in [0.5, 0.6) is 5.75 Å². The summed E-state index contributed by atoms with van der Waals surface area (Å²) in [4.78, 5) is 24.0. The van der Waals surface area contributed by atoms with E-state index in [-0.39, 0.29) is 35.3 Å². The number of hydrogen-bond donors (Lipinski definition) is 2. The third-order valence-corrected chi connectivity index (χ3v) is 6.94. The highest BCUT2D eigenvalue weighted by Gasteiger charge is 2.56. The average molecular weight is 391 g/mol. The zero-order valence-electron chi connectivity index (χ0n) is 16.2. The smallest absolute Gasteiger partial charge is 0.306 e. The molecule has 3 aliphatic rings. The van der Waals surface area contributed by atoms with Crippen LogP contribution in [-0.4, -0.2) is 17.0 Å². The number of aliphatic carboxylic acids is 1. The molecule has 1 heterocycles. The van der Waals surface area contributed by atoms with Crippen LogP contribution >= 0.6 is 0 Å². The van der Waals surface area contributed by atoms with Crippen molar-refractivity contribution in [2.75, 3.05) is 0 Å². The van der Waals surface area contributed by atoms with Crippen molar-refractivity contribution in [2.45, 2.75) is 44.2 Å². The second kappa shape index (κ2) is 6.90. The fourth-order valence-electron chi connectivity index (χ4n) is 5.38. The fourth-order valence-corrected chi connectivity index (χ4v) is 5.38. The van der Waals surface area contributed by atoms with Gasteiger partial charge in [0.15, 0.2) is 0 Å². The van der Waals surface area contributed by atoms with Crippen LogP contribution in [0.15, 0.2) is 54.6 Å². The van der Waals surface area contributed by atoms with E-state index in [0.29, 0.717) is 6.42 Å². The van der Waals surface area contributed by atoms with Gasteiger partial charge >= 0.3 is 5.97 Å². The summed E-state index contributed by atoms with van der Waals surface area (Å²) in [6, 6.07) is 17.9. The highest BCUT2D eigenvalue weighted by Crippen LogP contribution is 2.61. The summed E-state index contributed by atoms with van der Waals surface area (Å²) in [6.07, 6.45) is 3.69. The largest absolute Gasteiger partial charge is 0.485 e. The third-order valence-electron chi connectivity index (χ3n) is 6.94. The lowest BCUT2D eigenvalue weighted by molar-refractivity contribution is -0.161. The Morgan fingerprint density at radius 2 is 1.59 bits per heavy atom. The molecular formula is C24H25NO4. The summed E-state index contributed by atoms with van der Waals surface area (Å²) in [5.41, 5.74) is 2.24. The van der Waals surface area contributed by atoms with E-state index in [1.807, 2.05) is 42.5 Å². The monoisotopic (exact) mass is 391 g/mol. The van der Waals surface area contributed by atoms with Crippen LogP contribution < -0.4 is 10.1 Å². The molecule has 29 heavy (non-hydrogen) atoms. The molecule has 5 heteroatoms. The molecule has 5 rings (SSSR count). The Kier molecular flexibility index (Phi) is 4.34. The molecule has 2 aromatic carbocycles. The second-order valence-corrected chi connectivity index (χ2v) is 8.90. The molecule has 0 radical (unpaired) electrons. The molecule has 2 aromatic rings. The van der Waals surface area contributed by atoms with Gasteiger partial charge in [-0.1, -0.05) is 48.5 Å². The van der Waals surface area contributed by atoms with Crippen LogP contribution in [0.1, 0.15) is 55.4 Å². The van der Waals surface area contributed by atoms with Gasteiger partial charge in [-0.3, -0.25) is 9.59 Å². The lowest BCUT2D eigenvalue weighted by Crippen LogP contribution is -2.54. The minimum absolute atomic E-state index is 0.00470. The SMILES string of the molecule is O=C(O)C1CC2(C1)CC(C(=O)N[C@@H]1C[C@@H](c3ccccc3)Oc3ccccc31)C2. The molecule has 1 amide bonds. The molecule has 2 fully saturated rings. The fraction of sp³-hybridized carbons (Fsp3) is 0.417. The normalized spacial score (nSPS) is 32.3. The maximum atomic E-state index is 12.9. The lowest BCUT2D eigenvalue weighted by Gasteiger charge is -2.56. The Labute approximate surface area is 170 Å². The topological polar surface area (TPSA) is 75.6 Å². The van der Waals surface area contributed by atoms with Crippen LogP contribution in [0.25, 0.3) is 0 Å². The predicted molar refractivity (Wildman–Crippen MR) is 107 cm³/mol. The van der Waals surface area contributed by atoms with Gasteiger partial charge < -0.3 is 15.2 Å². The molecule has 5 nitrogen and oxygen atoms in total. The molecule has 1 aliphatic heterocycles. The quantitative estimate of drug-likeness (QED) is 0.817. The standard InChI is InChI=1S/C24H25NO4/c26-22(16-11-24(12-16)13-17(14-24)23(27)28)25-19-10-21(15-6-2-1-3-7-15)29-20-9-5-4-8-18(19)20/h1-9,16-17,19,21H,10-14H2,(H,25,26)(H,27,28)/t16?,17?,19-,21+,24?/m1/s1. The van der Waals surface area contributed by atoms with Crippen molar-refractivity contribution < 1.29 is 19.4 Å². The van der Waals surface area contributed by atoms with E-state index >= 15 is 0 Å². The van der Waals surface area contributed by atoms with Crippen molar-refractivity contribution >= 4 is 11.9 Å². The second-order valence-electron chi connectivity index (χ2n) is 8.90. The molecule has 2 aliphatic carbocycles. The molecule has 0 aromatic heterocycles. The Balaban J connectivity index is 1.27. The van der Waals surface area contributed by atoms with Crippen molar-refractivity contribution in [1.29, 1.82) is 0 Å². The highest BCUT2D eigenvalue weighted by molar-refractivity contribution is 5.81. The van der Waals surface area contributed by atoms with Crippen LogP contribution in [0.2, 0.25) is 0 Å². The predicted octanol–water partition coefficient (Wildman–Crippen LogP) is 4.26. The molecule has 1 spiro atoms. The van der Waals surface area contributed by atoms with Crippen molar-refractivity contribution in [3.8, 4) is 5.75 Å². The van der Waals surface area contributed by atoms with Crippen LogP contribution in [0.3, 0.4) is 0 Å². The molecule has 2 N–H and O–H groups in total. The van der Waals surface area contributed by atoms with Gasteiger partial charge in [0.1, 0.15) is 11.9 Å². The lowest BCUT2D eigenvalue weighted by atomic mass is 9.48. The summed E-state index contributed by atoms with van der Waals surface area (Å²) in [6.45, 7) is 0.